The average Bonchev–Trinajstić information content (AvgIpc) is 2.51. The maximum atomic E-state index is 12.6. The molecule has 0 bridgehead atoms. The second kappa shape index (κ2) is 5.14. The van der Waals surface area contributed by atoms with E-state index in [1.165, 1.54) is 17.0 Å². The highest BCUT2D eigenvalue weighted by molar-refractivity contribution is 6.05. The third-order valence-corrected chi connectivity index (χ3v) is 3.75. The predicted molar refractivity (Wildman–Crippen MR) is 76.1 cm³/mol. The normalized spacial score (nSPS) is 21.6. The molecule has 1 aliphatic rings. The van der Waals surface area contributed by atoms with Gasteiger partial charge >= 0.3 is 6.18 Å². The van der Waals surface area contributed by atoms with Crippen LogP contribution in [0.3, 0.4) is 0 Å². The lowest BCUT2D eigenvalue weighted by Gasteiger charge is -2.45. The van der Waals surface area contributed by atoms with E-state index in [0.717, 1.165) is 12.1 Å². The molecule has 0 spiro atoms. The Kier molecular flexibility index (Phi) is 3.41. The third-order valence-electron chi connectivity index (χ3n) is 3.75. The van der Waals surface area contributed by atoms with Crippen LogP contribution in [0, 0.1) is 0 Å². The molecule has 1 saturated heterocycles. The summed E-state index contributed by atoms with van der Waals surface area (Å²) in [5, 5.41) is 0. The molecule has 0 unspecified atom stereocenters. The first-order chi connectivity index (χ1) is 10.4. The summed E-state index contributed by atoms with van der Waals surface area (Å²) in [6.45, 7) is 0. The lowest BCUT2D eigenvalue weighted by Crippen LogP contribution is -2.63. The molecule has 1 amide bonds. The highest BCUT2D eigenvalue weighted by Crippen LogP contribution is 2.39. The van der Waals surface area contributed by atoms with Gasteiger partial charge in [-0.1, -0.05) is 30.3 Å². The molecule has 2 N–H and O–H groups in total. The van der Waals surface area contributed by atoms with Crippen LogP contribution in [-0.4, -0.2) is 11.9 Å². The van der Waals surface area contributed by atoms with Crippen molar-refractivity contribution in [2.24, 2.45) is 5.73 Å². The average molecular weight is 306 g/mol. The van der Waals surface area contributed by atoms with Gasteiger partial charge in [0, 0.05) is 5.69 Å². The van der Waals surface area contributed by atoms with Crippen LogP contribution in [0.5, 0.6) is 0 Å². The second-order valence-electron chi connectivity index (χ2n) is 5.13. The molecule has 3 rings (SSSR count). The van der Waals surface area contributed by atoms with E-state index in [2.05, 4.69) is 0 Å². The summed E-state index contributed by atoms with van der Waals surface area (Å²) in [6, 6.07) is 12.5. The molecule has 2 aromatic rings. The number of para-hydroxylation sites is 1. The number of nitrogens with zero attached hydrogens (tertiary/aromatic N) is 1. The predicted octanol–water partition coefficient (Wildman–Crippen LogP) is 3.12. The molecular weight excluding hydrogens is 293 g/mol. The van der Waals surface area contributed by atoms with Gasteiger partial charge in [0.2, 0.25) is 5.91 Å². The van der Waals surface area contributed by atoms with Crippen LogP contribution in [0.15, 0.2) is 54.6 Å². The molecule has 22 heavy (non-hydrogen) atoms. The summed E-state index contributed by atoms with van der Waals surface area (Å²) < 4.78 is 37.8. The van der Waals surface area contributed by atoms with Crippen LogP contribution in [0.2, 0.25) is 0 Å². The summed E-state index contributed by atoms with van der Waals surface area (Å²) in [5.74, 6) is -0.240. The van der Waals surface area contributed by atoms with E-state index < -0.39 is 23.8 Å². The van der Waals surface area contributed by atoms with Crippen molar-refractivity contribution in [3.8, 4) is 0 Å². The number of nitrogens with two attached hydrogens (primary N) is 1. The Morgan fingerprint density at radius 3 is 2.09 bits per heavy atom. The minimum Gasteiger partial charge on any atom is -0.318 e. The Bertz CT molecular complexity index is 683. The first-order valence-electron chi connectivity index (χ1n) is 6.70. The van der Waals surface area contributed by atoms with Crippen LogP contribution >= 0.6 is 0 Å². The number of hydrogen-bond acceptors (Lipinski definition) is 2. The molecule has 0 aliphatic carbocycles. The molecule has 6 heteroatoms. The minimum absolute atomic E-state index is 0.240. The van der Waals surface area contributed by atoms with E-state index in [4.69, 9.17) is 5.73 Å². The van der Waals surface area contributed by atoms with Crippen molar-refractivity contribution in [2.45, 2.75) is 18.3 Å². The molecule has 114 valence electrons. The standard InChI is InChI=1S/C16H13F3N2O/c17-16(18,19)11-8-6-10(7-9-11)14-13(20)15(22)21(14)12-4-2-1-3-5-12/h1-9,13-14H,20H2/t13-,14-/m0/s1. The molecule has 3 nitrogen and oxygen atoms in total. The van der Waals surface area contributed by atoms with Gasteiger partial charge < -0.3 is 10.6 Å². The van der Waals surface area contributed by atoms with E-state index in [1.54, 1.807) is 24.3 Å². The van der Waals surface area contributed by atoms with Crippen molar-refractivity contribution in [1.29, 1.82) is 0 Å². The summed E-state index contributed by atoms with van der Waals surface area (Å²) >= 11 is 0. The van der Waals surface area contributed by atoms with Crippen LogP contribution in [-0.2, 0) is 11.0 Å². The van der Waals surface area contributed by atoms with Gasteiger partial charge in [0.15, 0.2) is 0 Å². The topological polar surface area (TPSA) is 46.3 Å². The van der Waals surface area contributed by atoms with E-state index in [1.807, 2.05) is 6.07 Å². The zero-order valence-electron chi connectivity index (χ0n) is 11.4. The SMILES string of the molecule is N[C@@H]1C(=O)N(c2ccccc2)[C@H]1c1ccc(C(F)(F)F)cc1. The summed E-state index contributed by atoms with van der Waals surface area (Å²) in [5.41, 5.74) is 6.38. The number of carbonyl (C=O) groups excluding carboxylic acids is 1. The molecule has 2 aromatic carbocycles. The quantitative estimate of drug-likeness (QED) is 0.867. The molecular formula is C16H13F3N2O. The van der Waals surface area contributed by atoms with Crippen molar-refractivity contribution >= 4 is 11.6 Å². The van der Waals surface area contributed by atoms with Crippen molar-refractivity contribution in [2.75, 3.05) is 4.90 Å². The van der Waals surface area contributed by atoms with E-state index >= 15 is 0 Å². The van der Waals surface area contributed by atoms with Gasteiger partial charge in [-0.3, -0.25) is 4.79 Å². The monoisotopic (exact) mass is 306 g/mol. The summed E-state index contributed by atoms with van der Waals surface area (Å²) in [7, 11) is 0. The first kappa shape index (κ1) is 14.6. The van der Waals surface area contributed by atoms with E-state index in [9.17, 15) is 18.0 Å². The zero-order valence-corrected chi connectivity index (χ0v) is 11.4. The molecule has 0 radical (unpaired) electrons. The Morgan fingerprint density at radius 1 is 0.955 bits per heavy atom. The Labute approximate surface area is 125 Å². The smallest absolute Gasteiger partial charge is 0.318 e. The zero-order chi connectivity index (χ0) is 15.9. The Balaban J connectivity index is 1.91. The largest absolute Gasteiger partial charge is 0.416 e. The fraction of sp³-hybridized carbons (Fsp3) is 0.188. The van der Waals surface area contributed by atoms with E-state index in [0.29, 0.717) is 11.3 Å². The third kappa shape index (κ3) is 2.35. The molecule has 0 saturated carbocycles. The summed E-state index contributed by atoms with van der Waals surface area (Å²) in [4.78, 5) is 13.5. The highest BCUT2D eigenvalue weighted by Gasteiger charge is 2.46. The molecule has 1 heterocycles. The van der Waals surface area contributed by atoms with Gasteiger partial charge in [0.05, 0.1) is 11.6 Å². The number of anilines is 1. The number of carbonyl (C=O) groups is 1. The molecule has 2 atom stereocenters. The number of rotatable bonds is 2. The maximum absolute atomic E-state index is 12.6. The fourth-order valence-electron chi connectivity index (χ4n) is 2.61. The number of amides is 1. The van der Waals surface area contributed by atoms with E-state index in [-0.39, 0.29) is 5.91 Å². The van der Waals surface area contributed by atoms with Crippen LogP contribution < -0.4 is 10.6 Å². The number of β-lactam (4-membered cyclic amide) rings is 1. The number of alkyl halides is 3. The number of hydrogen-bond donors (Lipinski definition) is 1. The highest BCUT2D eigenvalue weighted by atomic mass is 19.4. The van der Waals surface area contributed by atoms with Crippen molar-refractivity contribution < 1.29 is 18.0 Å². The van der Waals surface area contributed by atoms with Gasteiger partial charge in [-0.15, -0.1) is 0 Å². The number of halogens is 3. The molecule has 0 aromatic heterocycles. The fourth-order valence-corrected chi connectivity index (χ4v) is 2.61. The summed E-state index contributed by atoms with van der Waals surface area (Å²) in [6.07, 6.45) is -4.38. The van der Waals surface area contributed by atoms with Crippen LogP contribution in [0.4, 0.5) is 18.9 Å². The number of benzene rings is 2. The van der Waals surface area contributed by atoms with Gasteiger partial charge in [0.25, 0.3) is 0 Å². The van der Waals surface area contributed by atoms with Crippen LogP contribution in [0.1, 0.15) is 17.2 Å². The van der Waals surface area contributed by atoms with Crippen LogP contribution in [0.25, 0.3) is 0 Å². The minimum atomic E-state index is -4.38. The molecule has 1 aliphatic heterocycles. The van der Waals surface area contributed by atoms with Gasteiger partial charge in [-0.2, -0.15) is 13.2 Å². The van der Waals surface area contributed by atoms with Crippen molar-refractivity contribution in [1.82, 2.24) is 0 Å². The van der Waals surface area contributed by atoms with Crippen molar-refractivity contribution in [3.05, 3.63) is 65.7 Å². The lowest BCUT2D eigenvalue weighted by molar-refractivity contribution is -0.137. The van der Waals surface area contributed by atoms with Crippen molar-refractivity contribution in [3.63, 3.8) is 0 Å². The first-order valence-corrected chi connectivity index (χ1v) is 6.70. The van der Waals surface area contributed by atoms with Gasteiger partial charge in [-0.05, 0) is 29.8 Å². The molecule has 1 fully saturated rings. The maximum Gasteiger partial charge on any atom is 0.416 e. The van der Waals surface area contributed by atoms with Gasteiger partial charge in [-0.25, -0.2) is 0 Å². The van der Waals surface area contributed by atoms with Gasteiger partial charge in [0.1, 0.15) is 6.04 Å². The Hall–Kier alpha value is -2.34. The Morgan fingerprint density at radius 2 is 1.55 bits per heavy atom. The second-order valence-corrected chi connectivity index (χ2v) is 5.13. The lowest BCUT2D eigenvalue weighted by atomic mass is 9.88.